The fourth-order valence-corrected chi connectivity index (χ4v) is 4.00. The standard InChI is InChI=1S/C19H28N8O4/c1-19(2,3)15(27-9-12(22-25-27)10-4-5-10)17(30)26-8-11(28)6-13(26)16(29)20-7-14-21-18(31)24-23-14/h9-11,13,15,28H,4-8H2,1-3H3,(H,20,29)(H2,21,23,24,31)/t11?,13?,15-/m1/s1. The molecule has 3 atom stereocenters. The lowest BCUT2D eigenvalue weighted by molar-refractivity contribution is -0.144. The van der Waals surface area contributed by atoms with Gasteiger partial charge in [0.1, 0.15) is 17.9 Å². The Morgan fingerprint density at radius 2 is 2.10 bits per heavy atom. The summed E-state index contributed by atoms with van der Waals surface area (Å²) in [5.74, 6) is -0.0223. The van der Waals surface area contributed by atoms with E-state index in [0.29, 0.717) is 5.92 Å². The van der Waals surface area contributed by atoms with Crippen LogP contribution in [-0.2, 0) is 16.1 Å². The molecule has 12 heteroatoms. The van der Waals surface area contributed by atoms with Crippen LogP contribution in [0.1, 0.15) is 63.5 Å². The van der Waals surface area contributed by atoms with E-state index in [1.807, 2.05) is 27.0 Å². The first kappa shape index (κ1) is 21.2. The summed E-state index contributed by atoms with van der Waals surface area (Å²) in [5.41, 5.74) is -0.0797. The van der Waals surface area contributed by atoms with Gasteiger partial charge in [-0.2, -0.15) is 5.10 Å². The number of hydrogen-bond donors (Lipinski definition) is 4. The van der Waals surface area contributed by atoms with Crippen LogP contribution in [0, 0.1) is 5.41 Å². The predicted octanol–water partition coefficient (Wildman–Crippen LogP) is -0.568. The van der Waals surface area contributed by atoms with Gasteiger partial charge in [-0.1, -0.05) is 26.0 Å². The van der Waals surface area contributed by atoms with Gasteiger partial charge in [-0.3, -0.25) is 14.6 Å². The van der Waals surface area contributed by atoms with E-state index in [9.17, 15) is 19.5 Å². The highest BCUT2D eigenvalue weighted by atomic mass is 16.3. The molecule has 1 aliphatic carbocycles. The topological polar surface area (TPSA) is 162 Å². The number of H-pyrrole nitrogens is 2. The Labute approximate surface area is 178 Å². The average Bonchev–Trinajstić information content (AvgIpc) is 3.08. The van der Waals surface area contributed by atoms with E-state index in [1.54, 1.807) is 4.68 Å². The van der Waals surface area contributed by atoms with E-state index >= 15 is 0 Å². The van der Waals surface area contributed by atoms with Crippen LogP contribution < -0.4 is 11.0 Å². The summed E-state index contributed by atoms with van der Waals surface area (Å²) in [4.78, 5) is 41.4. The molecule has 2 unspecified atom stereocenters. The van der Waals surface area contributed by atoms with Crippen molar-refractivity contribution in [3.8, 4) is 0 Å². The van der Waals surface area contributed by atoms with Crippen LogP contribution in [0.25, 0.3) is 0 Å². The van der Waals surface area contributed by atoms with Crippen LogP contribution in [0.15, 0.2) is 11.0 Å². The molecule has 0 aromatic carbocycles. The van der Waals surface area contributed by atoms with Crippen molar-refractivity contribution >= 4 is 11.8 Å². The van der Waals surface area contributed by atoms with Crippen molar-refractivity contribution in [2.45, 2.75) is 70.7 Å². The Bertz CT molecular complexity index is 1010. The second-order valence-corrected chi connectivity index (χ2v) is 9.40. The van der Waals surface area contributed by atoms with Crippen molar-refractivity contribution in [3.05, 3.63) is 28.2 Å². The first-order chi connectivity index (χ1) is 14.6. The van der Waals surface area contributed by atoms with Gasteiger partial charge >= 0.3 is 5.69 Å². The number of β-amino-alcohol motifs (C(OH)–C–C–N with tert-alkyl or cyclic N) is 1. The summed E-state index contributed by atoms with van der Waals surface area (Å²) >= 11 is 0. The van der Waals surface area contributed by atoms with Crippen molar-refractivity contribution in [2.24, 2.45) is 5.41 Å². The van der Waals surface area contributed by atoms with Gasteiger partial charge in [-0.25, -0.2) is 14.6 Å². The molecule has 1 saturated carbocycles. The molecule has 4 N–H and O–H groups in total. The SMILES string of the molecule is CC(C)(C)[C@@H](C(=O)N1CC(O)CC1C(=O)NCc1n[nH]c(=O)[nH]1)n1cc(C2CC2)nn1. The number of hydrogen-bond acceptors (Lipinski definition) is 7. The van der Waals surface area contributed by atoms with Crippen LogP contribution in [0.2, 0.25) is 0 Å². The Balaban J connectivity index is 1.52. The lowest BCUT2D eigenvalue weighted by atomic mass is 9.85. The molecule has 1 aliphatic heterocycles. The number of carbonyl (C=O) groups excluding carboxylic acids is 2. The van der Waals surface area contributed by atoms with Gasteiger partial charge in [0.25, 0.3) is 0 Å². The fraction of sp³-hybridized carbons (Fsp3) is 0.684. The van der Waals surface area contributed by atoms with E-state index in [4.69, 9.17) is 0 Å². The first-order valence-electron chi connectivity index (χ1n) is 10.4. The molecular formula is C19H28N8O4. The molecule has 2 aromatic heterocycles. The number of nitrogens with one attached hydrogen (secondary N) is 3. The molecule has 1 saturated heterocycles. The third kappa shape index (κ3) is 4.53. The fourth-order valence-electron chi connectivity index (χ4n) is 4.00. The normalized spacial score (nSPS) is 22.5. The summed E-state index contributed by atoms with van der Waals surface area (Å²) < 4.78 is 1.59. The Morgan fingerprint density at radius 3 is 2.71 bits per heavy atom. The van der Waals surface area contributed by atoms with Gasteiger partial charge in [0, 0.05) is 25.1 Å². The number of amides is 2. The smallest absolute Gasteiger partial charge is 0.340 e. The number of likely N-dealkylation sites (tertiary alicyclic amines) is 1. The van der Waals surface area contributed by atoms with E-state index < -0.39 is 35.2 Å². The maximum atomic E-state index is 13.6. The second-order valence-electron chi connectivity index (χ2n) is 9.40. The zero-order valence-corrected chi connectivity index (χ0v) is 17.8. The molecule has 12 nitrogen and oxygen atoms in total. The molecule has 31 heavy (non-hydrogen) atoms. The maximum Gasteiger partial charge on any atom is 0.340 e. The minimum Gasteiger partial charge on any atom is -0.391 e. The highest BCUT2D eigenvalue weighted by molar-refractivity contribution is 5.90. The summed E-state index contributed by atoms with van der Waals surface area (Å²) in [5, 5.41) is 27.3. The first-order valence-corrected chi connectivity index (χ1v) is 10.4. The average molecular weight is 432 g/mol. The quantitative estimate of drug-likeness (QED) is 0.475. The molecule has 0 radical (unpaired) electrons. The van der Waals surface area contributed by atoms with E-state index in [2.05, 4.69) is 30.8 Å². The molecule has 4 rings (SSSR count). The molecule has 0 spiro atoms. The number of rotatable bonds is 6. The lowest BCUT2D eigenvalue weighted by Crippen LogP contribution is -2.50. The molecule has 2 aliphatic rings. The van der Waals surface area contributed by atoms with Crippen molar-refractivity contribution in [1.29, 1.82) is 0 Å². The van der Waals surface area contributed by atoms with Crippen LogP contribution in [0.5, 0.6) is 0 Å². The van der Waals surface area contributed by atoms with Crippen molar-refractivity contribution in [1.82, 2.24) is 40.4 Å². The van der Waals surface area contributed by atoms with Crippen LogP contribution >= 0.6 is 0 Å². The molecular weight excluding hydrogens is 404 g/mol. The largest absolute Gasteiger partial charge is 0.391 e. The minimum atomic E-state index is -0.829. The minimum absolute atomic E-state index is 0.00270. The zero-order valence-electron chi connectivity index (χ0n) is 17.8. The van der Waals surface area contributed by atoms with Gasteiger partial charge in [-0.15, -0.1) is 5.10 Å². The molecule has 2 aromatic rings. The number of carbonyl (C=O) groups is 2. The summed E-state index contributed by atoms with van der Waals surface area (Å²) in [6.07, 6.45) is 3.31. The monoisotopic (exact) mass is 432 g/mol. The molecule has 3 heterocycles. The van der Waals surface area contributed by atoms with E-state index in [0.717, 1.165) is 18.5 Å². The Hall–Kier alpha value is -3.02. The molecule has 2 amide bonds. The Kier molecular flexibility index (Phi) is 5.42. The third-order valence-corrected chi connectivity index (χ3v) is 5.69. The van der Waals surface area contributed by atoms with Gasteiger partial charge in [0.15, 0.2) is 0 Å². The van der Waals surface area contributed by atoms with Gasteiger partial charge in [0.2, 0.25) is 11.8 Å². The number of nitrogens with zero attached hydrogens (tertiary/aromatic N) is 5. The van der Waals surface area contributed by atoms with Gasteiger partial charge in [0.05, 0.1) is 18.3 Å². The maximum absolute atomic E-state index is 13.6. The third-order valence-electron chi connectivity index (χ3n) is 5.69. The van der Waals surface area contributed by atoms with Crippen LogP contribution in [-0.4, -0.2) is 70.7 Å². The predicted molar refractivity (Wildman–Crippen MR) is 108 cm³/mol. The number of aromatic amines is 2. The number of aliphatic hydroxyl groups excluding tert-OH is 1. The zero-order chi connectivity index (χ0) is 22.3. The van der Waals surface area contributed by atoms with E-state index in [-0.39, 0.29) is 31.2 Å². The second kappa shape index (κ2) is 7.91. The summed E-state index contributed by atoms with van der Waals surface area (Å²) in [6.45, 7) is 5.87. The highest BCUT2D eigenvalue weighted by Crippen LogP contribution is 2.40. The lowest BCUT2D eigenvalue weighted by Gasteiger charge is -2.34. The van der Waals surface area contributed by atoms with Crippen molar-refractivity contribution < 1.29 is 14.7 Å². The highest BCUT2D eigenvalue weighted by Gasteiger charge is 2.45. The van der Waals surface area contributed by atoms with E-state index in [1.165, 1.54) is 4.90 Å². The number of aliphatic hydroxyl groups is 1. The van der Waals surface area contributed by atoms with Crippen LogP contribution in [0.3, 0.4) is 0 Å². The van der Waals surface area contributed by atoms with Gasteiger partial charge in [-0.05, 0) is 18.3 Å². The van der Waals surface area contributed by atoms with Crippen molar-refractivity contribution in [3.63, 3.8) is 0 Å². The Morgan fingerprint density at radius 1 is 1.35 bits per heavy atom. The summed E-state index contributed by atoms with van der Waals surface area (Å²) in [7, 11) is 0. The molecule has 168 valence electrons. The number of aromatic nitrogens is 6. The van der Waals surface area contributed by atoms with Crippen molar-refractivity contribution in [2.75, 3.05) is 6.54 Å². The summed E-state index contributed by atoms with van der Waals surface area (Å²) in [6, 6.07) is -1.50. The van der Waals surface area contributed by atoms with Gasteiger partial charge < -0.3 is 15.3 Å². The van der Waals surface area contributed by atoms with Crippen LogP contribution in [0.4, 0.5) is 0 Å². The molecule has 0 bridgehead atoms. The molecule has 2 fully saturated rings.